The average Bonchev–Trinajstić information content (AvgIpc) is 3.17. The first-order valence-corrected chi connectivity index (χ1v) is 10.3. The molecule has 3 aromatic rings. The summed E-state index contributed by atoms with van der Waals surface area (Å²) in [5, 5.41) is 7.59. The van der Waals surface area contributed by atoms with Crippen molar-refractivity contribution in [2.45, 2.75) is 32.8 Å². The van der Waals surface area contributed by atoms with Gasteiger partial charge in [-0.25, -0.2) is 4.98 Å². The van der Waals surface area contributed by atoms with Crippen molar-refractivity contribution in [2.24, 2.45) is 0 Å². The number of thiazole rings is 1. The quantitative estimate of drug-likeness (QED) is 0.562. The zero-order valence-electron chi connectivity index (χ0n) is 16.3. The maximum atomic E-state index is 12.5. The van der Waals surface area contributed by atoms with Gasteiger partial charge in [0.15, 0.2) is 5.13 Å². The molecule has 0 spiro atoms. The molecule has 3 rings (SSSR count). The molecular weight excluding hydrogens is 386 g/mol. The minimum absolute atomic E-state index is 0.00924. The Kier molecular flexibility index (Phi) is 6.97. The van der Waals surface area contributed by atoms with Crippen LogP contribution in [0.25, 0.3) is 0 Å². The van der Waals surface area contributed by atoms with Gasteiger partial charge in [0.05, 0.1) is 11.8 Å². The van der Waals surface area contributed by atoms with Crippen molar-refractivity contribution in [1.29, 1.82) is 0 Å². The first-order chi connectivity index (χ1) is 14.0. The summed E-state index contributed by atoms with van der Waals surface area (Å²) in [6.07, 6.45) is 0.994. The van der Waals surface area contributed by atoms with E-state index in [4.69, 9.17) is 4.74 Å². The van der Waals surface area contributed by atoms with E-state index in [1.165, 1.54) is 11.3 Å². The molecule has 6 nitrogen and oxygen atoms in total. The van der Waals surface area contributed by atoms with Crippen molar-refractivity contribution in [1.82, 2.24) is 4.98 Å². The number of carbonyl (C=O) groups excluding carboxylic acids is 2. The lowest BCUT2D eigenvalue weighted by atomic mass is 10.1. The van der Waals surface area contributed by atoms with Crippen LogP contribution in [0, 0.1) is 0 Å². The maximum absolute atomic E-state index is 12.5. The molecule has 0 bridgehead atoms. The summed E-state index contributed by atoms with van der Waals surface area (Å²) in [5.74, 6) is 0.109. The van der Waals surface area contributed by atoms with Crippen LogP contribution in [0.2, 0.25) is 0 Å². The minimum Gasteiger partial charge on any atom is -0.489 e. The Labute approximate surface area is 173 Å². The Morgan fingerprint density at radius 3 is 2.52 bits per heavy atom. The monoisotopic (exact) mass is 409 g/mol. The van der Waals surface area contributed by atoms with E-state index in [0.717, 1.165) is 5.56 Å². The average molecular weight is 410 g/mol. The number of nitrogens with zero attached hydrogens (tertiary/aromatic N) is 1. The lowest BCUT2D eigenvalue weighted by Gasteiger charge is -2.14. The molecule has 0 aliphatic heterocycles. The molecule has 2 amide bonds. The van der Waals surface area contributed by atoms with Gasteiger partial charge in [0.25, 0.3) is 5.91 Å². The van der Waals surface area contributed by atoms with Gasteiger partial charge in [0.1, 0.15) is 11.4 Å². The highest BCUT2D eigenvalue weighted by Crippen LogP contribution is 2.26. The molecule has 0 unspecified atom stereocenters. The largest absolute Gasteiger partial charge is 0.489 e. The first-order valence-electron chi connectivity index (χ1n) is 9.37. The number of amides is 2. The SMILES string of the molecule is CC(C)Oc1ccccc1NC(=O)c1csc(NC(=O)CCc2ccccc2)n1. The number of hydrogen-bond donors (Lipinski definition) is 2. The zero-order chi connectivity index (χ0) is 20.6. The van der Waals surface area contributed by atoms with E-state index in [9.17, 15) is 9.59 Å². The number of ether oxygens (including phenoxy) is 1. The van der Waals surface area contributed by atoms with Crippen molar-refractivity contribution < 1.29 is 14.3 Å². The maximum Gasteiger partial charge on any atom is 0.275 e. The molecule has 0 atom stereocenters. The fraction of sp³-hybridized carbons (Fsp3) is 0.227. The molecule has 2 N–H and O–H groups in total. The predicted octanol–water partition coefficient (Wildman–Crippen LogP) is 4.75. The summed E-state index contributed by atoms with van der Waals surface area (Å²) >= 11 is 1.22. The lowest BCUT2D eigenvalue weighted by Crippen LogP contribution is -2.15. The smallest absolute Gasteiger partial charge is 0.275 e. The second-order valence-corrected chi connectivity index (χ2v) is 7.55. The summed E-state index contributed by atoms with van der Waals surface area (Å²) in [4.78, 5) is 28.9. The van der Waals surface area contributed by atoms with Crippen LogP contribution in [0.5, 0.6) is 5.75 Å². The summed E-state index contributed by atoms with van der Waals surface area (Å²) in [5.41, 5.74) is 1.92. The normalized spacial score (nSPS) is 10.6. The third-order valence-corrected chi connectivity index (χ3v) is 4.72. The van der Waals surface area contributed by atoms with Crippen LogP contribution in [0.3, 0.4) is 0 Å². The van der Waals surface area contributed by atoms with E-state index in [0.29, 0.717) is 29.4 Å². The third kappa shape index (κ3) is 6.15. The van der Waals surface area contributed by atoms with Crippen molar-refractivity contribution in [3.8, 4) is 5.75 Å². The van der Waals surface area contributed by atoms with Gasteiger partial charge in [-0.1, -0.05) is 42.5 Å². The number of carbonyl (C=O) groups is 2. The number of anilines is 2. The Morgan fingerprint density at radius 1 is 1.03 bits per heavy atom. The molecule has 0 saturated carbocycles. The van der Waals surface area contributed by atoms with Crippen LogP contribution >= 0.6 is 11.3 Å². The van der Waals surface area contributed by atoms with Crippen molar-refractivity contribution in [2.75, 3.05) is 10.6 Å². The van der Waals surface area contributed by atoms with Crippen molar-refractivity contribution >= 4 is 34.0 Å². The molecule has 2 aromatic carbocycles. The molecule has 1 heterocycles. The van der Waals surface area contributed by atoms with Gasteiger partial charge in [0, 0.05) is 11.8 Å². The summed E-state index contributed by atoms with van der Waals surface area (Å²) in [6.45, 7) is 3.84. The fourth-order valence-corrected chi connectivity index (χ4v) is 3.34. The molecule has 150 valence electrons. The number of para-hydroxylation sites is 2. The second-order valence-electron chi connectivity index (χ2n) is 6.69. The molecule has 0 fully saturated rings. The Balaban J connectivity index is 1.57. The van der Waals surface area contributed by atoms with Gasteiger partial charge in [-0.2, -0.15) is 0 Å². The van der Waals surface area contributed by atoms with Gasteiger partial charge in [-0.15, -0.1) is 11.3 Å². The highest BCUT2D eigenvalue weighted by molar-refractivity contribution is 7.14. The van der Waals surface area contributed by atoms with E-state index in [1.807, 2.05) is 56.3 Å². The summed E-state index contributed by atoms with van der Waals surface area (Å²) in [7, 11) is 0. The molecule has 0 radical (unpaired) electrons. The van der Waals surface area contributed by atoms with Gasteiger partial charge < -0.3 is 15.4 Å². The van der Waals surface area contributed by atoms with Gasteiger partial charge in [0.2, 0.25) is 5.91 Å². The van der Waals surface area contributed by atoms with Gasteiger partial charge >= 0.3 is 0 Å². The van der Waals surface area contributed by atoms with E-state index in [-0.39, 0.29) is 23.6 Å². The molecule has 7 heteroatoms. The molecule has 0 aliphatic rings. The number of aromatic nitrogens is 1. The number of hydrogen-bond acceptors (Lipinski definition) is 5. The van der Waals surface area contributed by atoms with Crippen LogP contribution in [-0.4, -0.2) is 22.9 Å². The van der Waals surface area contributed by atoms with Crippen molar-refractivity contribution in [3.63, 3.8) is 0 Å². The van der Waals surface area contributed by atoms with Crippen LogP contribution in [0.4, 0.5) is 10.8 Å². The van der Waals surface area contributed by atoms with Gasteiger partial charge in [-0.05, 0) is 38.0 Å². The highest BCUT2D eigenvalue weighted by Gasteiger charge is 2.15. The van der Waals surface area contributed by atoms with E-state index in [2.05, 4.69) is 15.6 Å². The predicted molar refractivity (Wildman–Crippen MR) is 116 cm³/mol. The lowest BCUT2D eigenvalue weighted by molar-refractivity contribution is -0.116. The molecular formula is C22H23N3O3S. The molecule has 1 aromatic heterocycles. The first kappa shape index (κ1) is 20.5. The molecule has 0 saturated heterocycles. The fourth-order valence-electron chi connectivity index (χ4n) is 2.63. The van der Waals surface area contributed by atoms with E-state index >= 15 is 0 Å². The van der Waals surface area contributed by atoms with Crippen LogP contribution in [0.1, 0.15) is 36.3 Å². The van der Waals surface area contributed by atoms with Crippen LogP contribution < -0.4 is 15.4 Å². The van der Waals surface area contributed by atoms with E-state index < -0.39 is 0 Å². The highest BCUT2D eigenvalue weighted by atomic mass is 32.1. The number of rotatable bonds is 8. The molecule has 29 heavy (non-hydrogen) atoms. The topological polar surface area (TPSA) is 80.3 Å². The number of nitrogens with one attached hydrogen (secondary N) is 2. The van der Waals surface area contributed by atoms with Crippen LogP contribution in [-0.2, 0) is 11.2 Å². The number of benzene rings is 2. The second kappa shape index (κ2) is 9.84. The number of aryl methyl sites for hydroxylation is 1. The standard InChI is InChI=1S/C22H23N3O3S/c1-15(2)28-19-11-7-6-10-17(19)23-21(27)18-14-29-22(24-18)25-20(26)13-12-16-8-4-3-5-9-16/h3-11,14-15H,12-13H2,1-2H3,(H,23,27)(H,24,25,26). The zero-order valence-corrected chi connectivity index (χ0v) is 17.2. The summed E-state index contributed by atoms with van der Waals surface area (Å²) in [6, 6.07) is 17.1. The third-order valence-electron chi connectivity index (χ3n) is 3.96. The van der Waals surface area contributed by atoms with Crippen LogP contribution in [0.15, 0.2) is 60.0 Å². The van der Waals surface area contributed by atoms with Crippen molar-refractivity contribution in [3.05, 3.63) is 71.2 Å². The summed E-state index contributed by atoms with van der Waals surface area (Å²) < 4.78 is 5.71. The Hall–Kier alpha value is -3.19. The minimum atomic E-state index is -0.356. The van der Waals surface area contributed by atoms with E-state index in [1.54, 1.807) is 17.5 Å². The Bertz CT molecular complexity index is 970. The van der Waals surface area contributed by atoms with Gasteiger partial charge in [-0.3, -0.25) is 9.59 Å². The molecule has 0 aliphatic carbocycles. The Morgan fingerprint density at radius 2 is 1.76 bits per heavy atom.